The third kappa shape index (κ3) is 2.40. The first kappa shape index (κ1) is 11.5. The fourth-order valence-corrected chi connectivity index (χ4v) is 2.11. The van der Waals surface area contributed by atoms with Crippen LogP contribution in [0.4, 0.5) is 11.9 Å². The lowest BCUT2D eigenvalue weighted by molar-refractivity contribution is 1.08. The van der Waals surface area contributed by atoms with Gasteiger partial charge in [-0.05, 0) is 40.8 Å². The number of hydrogen-bond donors (Lipinski definition) is 2. The molecule has 0 bridgehead atoms. The Labute approximate surface area is 114 Å². The molecule has 0 saturated carbocycles. The van der Waals surface area contributed by atoms with Crippen LogP contribution in [0.1, 0.15) is 0 Å². The van der Waals surface area contributed by atoms with E-state index in [2.05, 4.69) is 53.5 Å². The molecule has 82 valence electrons. The third-order valence-electron chi connectivity index (χ3n) is 1.84. The summed E-state index contributed by atoms with van der Waals surface area (Å²) < 4.78 is 1.96. The van der Waals surface area contributed by atoms with Crippen LogP contribution in [0.15, 0.2) is 22.7 Å². The second kappa shape index (κ2) is 4.50. The maximum Gasteiger partial charge on any atom is 0.225 e. The van der Waals surface area contributed by atoms with Gasteiger partial charge < -0.3 is 11.5 Å². The quantitative estimate of drug-likeness (QED) is 0.726. The standard InChI is InChI=1S/C9H7BrIN5/c10-6-2-1-4(11)3-5(6)7-14-8(12)16-9(13)15-7/h1-3H,(H4,12,13,14,15,16). The van der Waals surface area contributed by atoms with E-state index in [0.717, 1.165) is 13.6 Å². The van der Waals surface area contributed by atoms with Gasteiger partial charge in [0, 0.05) is 13.6 Å². The summed E-state index contributed by atoms with van der Waals surface area (Å²) in [6.07, 6.45) is 0. The molecule has 2 aromatic rings. The van der Waals surface area contributed by atoms with E-state index in [1.165, 1.54) is 0 Å². The van der Waals surface area contributed by atoms with Crippen molar-refractivity contribution in [2.24, 2.45) is 0 Å². The monoisotopic (exact) mass is 391 g/mol. The molecule has 1 aromatic carbocycles. The first-order valence-corrected chi connectivity index (χ1v) is 6.16. The normalized spacial score (nSPS) is 10.4. The van der Waals surface area contributed by atoms with Crippen LogP contribution in [-0.2, 0) is 0 Å². The molecule has 4 N–H and O–H groups in total. The average molecular weight is 392 g/mol. The molecule has 2 rings (SSSR count). The second-order valence-electron chi connectivity index (χ2n) is 3.00. The Bertz CT molecular complexity index is 525. The van der Waals surface area contributed by atoms with E-state index < -0.39 is 0 Å². The van der Waals surface area contributed by atoms with E-state index in [-0.39, 0.29) is 11.9 Å². The fraction of sp³-hybridized carbons (Fsp3) is 0. The molecule has 0 amide bonds. The number of anilines is 2. The lowest BCUT2D eigenvalue weighted by Gasteiger charge is -2.05. The van der Waals surface area contributed by atoms with Gasteiger partial charge in [0.1, 0.15) is 0 Å². The van der Waals surface area contributed by atoms with Crippen molar-refractivity contribution in [1.82, 2.24) is 15.0 Å². The van der Waals surface area contributed by atoms with Gasteiger partial charge in [-0.2, -0.15) is 15.0 Å². The van der Waals surface area contributed by atoms with Crippen molar-refractivity contribution in [3.05, 3.63) is 26.2 Å². The van der Waals surface area contributed by atoms with Gasteiger partial charge in [0.25, 0.3) is 0 Å². The minimum Gasteiger partial charge on any atom is -0.368 e. The molecule has 7 heteroatoms. The maximum atomic E-state index is 5.53. The van der Waals surface area contributed by atoms with Crippen molar-refractivity contribution in [2.45, 2.75) is 0 Å². The van der Waals surface area contributed by atoms with E-state index in [1.54, 1.807) is 0 Å². The minimum atomic E-state index is 0.119. The number of benzene rings is 1. The Kier molecular flexibility index (Phi) is 3.24. The van der Waals surface area contributed by atoms with E-state index >= 15 is 0 Å². The van der Waals surface area contributed by atoms with Crippen LogP contribution < -0.4 is 11.5 Å². The topological polar surface area (TPSA) is 90.7 Å². The summed E-state index contributed by atoms with van der Waals surface area (Å²) in [6.45, 7) is 0. The van der Waals surface area contributed by atoms with Gasteiger partial charge in [0.05, 0.1) is 0 Å². The highest BCUT2D eigenvalue weighted by atomic mass is 127. The predicted molar refractivity (Wildman–Crippen MR) is 74.5 cm³/mol. The van der Waals surface area contributed by atoms with E-state index in [4.69, 9.17) is 11.5 Å². The van der Waals surface area contributed by atoms with Gasteiger partial charge in [-0.1, -0.05) is 15.9 Å². The summed E-state index contributed by atoms with van der Waals surface area (Å²) in [6, 6.07) is 5.84. The SMILES string of the molecule is Nc1nc(N)nc(-c2cc(I)ccc2Br)n1. The summed E-state index contributed by atoms with van der Waals surface area (Å²) in [5.74, 6) is 0.705. The molecule has 5 nitrogen and oxygen atoms in total. The van der Waals surface area contributed by atoms with Crippen molar-refractivity contribution < 1.29 is 0 Å². The van der Waals surface area contributed by atoms with Crippen molar-refractivity contribution in [3.63, 3.8) is 0 Å². The van der Waals surface area contributed by atoms with Gasteiger partial charge >= 0.3 is 0 Å². The van der Waals surface area contributed by atoms with Gasteiger partial charge in [0.15, 0.2) is 5.82 Å². The zero-order valence-electron chi connectivity index (χ0n) is 7.98. The molecule has 0 aliphatic heterocycles. The predicted octanol–water partition coefficient (Wildman–Crippen LogP) is 2.07. The average Bonchev–Trinajstić information content (AvgIpc) is 2.20. The third-order valence-corrected chi connectivity index (χ3v) is 3.20. The number of hydrogen-bond acceptors (Lipinski definition) is 5. The number of nitrogens with two attached hydrogens (primary N) is 2. The molecule has 0 saturated heterocycles. The summed E-state index contributed by atoms with van der Waals surface area (Å²) in [4.78, 5) is 11.8. The van der Waals surface area contributed by atoms with Crippen LogP contribution in [0.25, 0.3) is 11.4 Å². The molecule has 0 fully saturated rings. The Morgan fingerprint density at radius 2 is 1.69 bits per heavy atom. The molecule has 1 aromatic heterocycles. The van der Waals surface area contributed by atoms with Crippen molar-refractivity contribution in [2.75, 3.05) is 11.5 Å². The Hall–Kier alpha value is -0.960. The van der Waals surface area contributed by atoms with Crippen LogP contribution in [-0.4, -0.2) is 15.0 Å². The highest BCUT2D eigenvalue weighted by Crippen LogP contribution is 2.27. The molecule has 0 aliphatic carbocycles. The van der Waals surface area contributed by atoms with E-state index in [1.807, 2.05) is 18.2 Å². The Morgan fingerprint density at radius 3 is 2.31 bits per heavy atom. The molecule has 1 heterocycles. The molecule has 16 heavy (non-hydrogen) atoms. The number of nitrogens with zero attached hydrogens (tertiary/aromatic N) is 3. The Morgan fingerprint density at radius 1 is 1.06 bits per heavy atom. The number of rotatable bonds is 1. The minimum absolute atomic E-state index is 0.119. The summed E-state index contributed by atoms with van der Waals surface area (Å²) in [5, 5.41) is 0. The lowest BCUT2D eigenvalue weighted by atomic mass is 10.2. The first-order chi connectivity index (χ1) is 7.56. The second-order valence-corrected chi connectivity index (χ2v) is 5.10. The molecule has 0 atom stereocenters. The van der Waals surface area contributed by atoms with Crippen LogP contribution in [0.2, 0.25) is 0 Å². The zero-order valence-corrected chi connectivity index (χ0v) is 11.7. The van der Waals surface area contributed by atoms with E-state index in [9.17, 15) is 0 Å². The van der Waals surface area contributed by atoms with Gasteiger partial charge in [0.2, 0.25) is 11.9 Å². The summed E-state index contributed by atoms with van der Waals surface area (Å²) in [5.41, 5.74) is 11.9. The van der Waals surface area contributed by atoms with Gasteiger partial charge in [-0.15, -0.1) is 0 Å². The molecular formula is C9H7BrIN5. The van der Waals surface area contributed by atoms with Crippen LogP contribution >= 0.6 is 38.5 Å². The van der Waals surface area contributed by atoms with Crippen molar-refractivity contribution in [1.29, 1.82) is 0 Å². The van der Waals surface area contributed by atoms with E-state index in [0.29, 0.717) is 5.82 Å². The largest absolute Gasteiger partial charge is 0.368 e. The summed E-state index contributed by atoms with van der Waals surface area (Å²) in [7, 11) is 0. The first-order valence-electron chi connectivity index (χ1n) is 4.28. The number of aromatic nitrogens is 3. The number of halogens is 2. The highest BCUT2D eigenvalue weighted by molar-refractivity contribution is 14.1. The van der Waals surface area contributed by atoms with Gasteiger partial charge in [-0.3, -0.25) is 0 Å². The molecule has 0 unspecified atom stereocenters. The molecule has 0 aliphatic rings. The fourth-order valence-electron chi connectivity index (χ4n) is 1.20. The molecule has 0 spiro atoms. The lowest BCUT2D eigenvalue weighted by Crippen LogP contribution is -2.04. The maximum absolute atomic E-state index is 5.53. The van der Waals surface area contributed by atoms with Crippen LogP contribution in [0.3, 0.4) is 0 Å². The molecule has 0 radical (unpaired) electrons. The van der Waals surface area contributed by atoms with Crippen LogP contribution in [0, 0.1) is 3.57 Å². The number of nitrogen functional groups attached to an aromatic ring is 2. The smallest absolute Gasteiger partial charge is 0.225 e. The van der Waals surface area contributed by atoms with Crippen molar-refractivity contribution in [3.8, 4) is 11.4 Å². The Balaban J connectivity index is 2.62. The summed E-state index contributed by atoms with van der Waals surface area (Å²) >= 11 is 5.64. The molecular weight excluding hydrogens is 385 g/mol. The van der Waals surface area contributed by atoms with Crippen molar-refractivity contribution >= 4 is 50.4 Å². The highest BCUT2D eigenvalue weighted by Gasteiger charge is 2.09. The van der Waals surface area contributed by atoms with Crippen LogP contribution in [0.5, 0.6) is 0 Å². The zero-order chi connectivity index (χ0) is 11.7. The van der Waals surface area contributed by atoms with Gasteiger partial charge in [-0.25, -0.2) is 0 Å².